The number of ether oxygens (including phenoxy) is 2. The molecule has 0 saturated carbocycles. The van der Waals surface area contributed by atoms with E-state index in [1.54, 1.807) is 32.4 Å². The van der Waals surface area contributed by atoms with E-state index in [0.717, 1.165) is 5.69 Å². The van der Waals surface area contributed by atoms with Crippen molar-refractivity contribution >= 4 is 0 Å². The zero-order chi connectivity index (χ0) is 13.8. The number of rotatable bonds is 4. The number of benzene rings is 1. The van der Waals surface area contributed by atoms with Crippen LogP contribution in [-0.2, 0) is 0 Å². The molecule has 0 aliphatic carbocycles. The molecule has 0 radical (unpaired) electrons. The van der Waals surface area contributed by atoms with Crippen LogP contribution < -0.4 is 9.47 Å². The molecule has 2 rings (SSSR count). The highest BCUT2D eigenvalue weighted by atomic mass is 16.5. The van der Waals surface area contributed by atoms with Gasteiger partial charge in [0.2, 0.25) is 0 Å². The summed E-state index contributed by atoms with van der Waals surface area (Å²) < 4.78 is 11.1. The van der Waals surface area contributed by atoms with Crippen LogP contribution in [0.2, 0.25) is 0 Å². The van der Waals surface area contributed by atoms with E-state index in [9.17, 15) is 5.11 Å². The largest absolute Gasteiger partial charge is 0.496 e. The summed E-state index contributed by atoms with van der Waals surface area (Å²) in [6.45, 7) is 3.55. The SMILES string of the molecule is COc1cccc(Oc2cccnc2C)c1C(C)O. The Bertz CT molecular complexity index is 567. The lowest BCUT2D eigenvalue weighted by Gasteiger charge is -2.17. The average Bonchev–Trinajstić information content (AvgIpc) is 2.40. The Labute approximate surface area is 112 Å². The summed E-state index contributed by atoms with van der Waals surface area (Å²) in [4.78, 5) is 4.17. The summed E-state index contributed by atoms with van der Waals surface area (Å²) in [5.74, 6) is 1.84. The van der Waals surface area contributed by atoms with Crippen LogP contribution >= 0.6 is 0 Å². The fraction of sp³-hybridized carbons (Fsp3) is 0.267. The number of hydrogen-bond donors (Lipinski definition) is 1. The summed E-state index contributed by atoms with van der Waals surface area (Å²) in [5.41, 5.74) is 1.43. The number of methoxy groups -OCH3 is 1. The van der Waals surface area contributed by atoms with E-state index in [-0.39, 0.29) is 0 Å². The second kappa shape index (κ2) is 5.71. The van der Waals surface area contributed by atoms with Crippen molar-refractivity contribution < 1.29 is 14.6 Å². The Morgan fingerprint density at radius 3 is 2.42 bits per heavy atom. The van der Waals surface area contributed by atoms with E-state index in [4.69, 9.17) is 9.47 Å². The second-order valence-electron chi connectivity index (χ2n) is 4.24. The van der Waals surface area contributed by atoms with E-state index in [2.05, 4.69) is 4.98 Å². The lowest BCUT2D eigenvalue weighted by Crippen LogP contribution is -2.00. The minimum Gasteiger partial charge on any atom is -0.496 e. The van der Waals surface area contributed by atoms with Crippen LogP contribution in [0.1, 0.15) is 24.3 Å². The van der Waals surface area contributed by atoms with Gasteiger partial charge in [-0.15, -0.1) is 0 Å². The predicted octanol–water partition coefficient (Wildman–Crippen LogP) is 3.24. The van der Waals surface area contributed by atoms with Crippen molar-refractivity contribution in [2.75, 3.05) is 7.11 Å². The Kier molecular flexibility index (Phi) is 4.02. The number of aryl methyl sites for hydroxylation is 1. The number of hydrogen-bond acceptors (Lipinski definition) is 4. The Hall–Kier alpha value is -2.07. The number of aromatic nitrogens is 1. The molecule has 0 spiro atoms. The Morgan fingerprint density at radius 1 is 1.11 bits per heavy atom. The first-order chi connectivity index (χ1) is 9.13. The highest BCUT2D eigenvalue weighted by Crippen LogP contribution is 2.36. The first-order valence-electron chi connectivity index (χ1n) is 6.08. The van der Waals surface area contributed by atoms with Gasteiger partial charge in [0, 0.05) is 6.20 Å². The van der Waals surface area contributed by atoms with Gasteiger partial charge in [-0.1, -0.05) is 6.07 Å². The minimum atomic E-state index is -0.678. The molecule has 1 heterocycles. The Balaban J connectivity index is 2.43. The second-order valence-corrected chi connectivity index (χ2v) is 4.24. The molecule has 1 aromatic heterocycles. The molecule has 0 amide bonds. The van der Waals surface area contributed by atoms with E-state index >= 15 is 0 Å². The maximum absolute atomic E-state index is 9.89. The van der Waals surface area contributed by atoms with E-state index < -0.39 is 6.10 Å². The standard InChI is InChI=1S/C15H17NO3/c1-10-12(8-5-9-16-10)19-14-7-4-6-13(18-3)15(14)11(2)17/h4-9,11,17H,1-3H3. The van der Waals surface area contributed by atoms with Gasteiger partial charge < -0.3 is 14.6 Å². The summed E-state index contributed by atoms with van der Waals surface area (Å²) in [6, 6.07) is 9.08. The summed E-state index contributed by atoms with van der Waals surface area (Å²) in [6.07, 6.45) is 1.03. The molecule has 0 aliphatic rings. The third-order valence-electron chi connectivity index (χ3n) is 2.84. The lowest BCUT2D eigenvalue weighted by atomic mass is 10.1. The minimum absolute atomic E-state index is 0.574. The quantitative estimate of drug-likeness (QED) is 0.915. The highest BCUT2D eigenvalue weighted by Gasteiger charge is 2.16. The fourth-order valence-electron chi connectivity index (χ4n) is 1.90. The van der Waals surface area contributed by atoms with Crippen molar-refractivity contribution in [3.05, 3.63) is 47.8 Å². The van der Waals surface area contributed by atoms with E-state index in [1.807, 2.05) is 25.1 Å². The van der Waals surface area contributed by atoms with Crippen LogP contribution in [0.3, 0.4) is 0 Å². The van der Waals surface area contributed by atoms with Gasteiger partial charge in [0.05, 0.1) is 24.5 Å². The molecule has 0 fully saturated rings. The monoisotopic (exact) mass is 259 g/mol. The predicted molar refractivity (Wildman–Crippen MR) is 72.7 cm³/mol. The van der Waals surface area contributed by atoms with Crippen molar-refractivity contribution in [3.63, 3.8) is 0 Å². The maximum atomic E-state index is 9.89. The molecular formula is C15H17NO3. The highest BCUT2D eigenvalue weighted by molar-refractivity contribution is 5.48. The van der Waals surface area contributed by atoms with Crippen molar-refractivity contribution in [2.45, 2.75) is 20.0 Å². The normalized spacial score (nSPS) is 12.0. The summed E-state index contributed by atoms with van der Waals surface area (Å²) in [5, 5.41) is 9.89. The molecule has 2 aromatic rings. The molecule has 0 aliphatic heterocycles. The molecular weight excluding hydrogens is 242 g/mol. The van der Waals surface area contributed by atoms with Gasteiger partial charge in [-0.3, -0.25) is 4.98 Å². The summed E-state index contributed by atoms with van der Waals surface area (Å²) >= 11 is 0. The number of aliphatic hydroxyl groups excluding tert-OH is 1. The molecule has 1 aromatic carbocycles. The van der Waals surface area contributed by atoms with Crippen molar-refractivity contribution in [1.82, 2.24) is 4.98 Å². The topological polar surface area (TPSA) is 51.6 Å². The van der Waals surface area contributed by atoms with E-state index in [1.165, 1.54) is 0 Å². The van der Waals surface area contributed by atoms with Gasteiger partial charge in [0.25, 0.3) is 0 Å². The summed E-state index contributed by atoms with van der Waals surface area (Å²) in [7, 11) is 1.57. The van der Waals surface area contributed by atoms with Gasteiger partial charge in [-0.05, 0) is 38.1 Å². The fourth-order valence-corrected chi connectivity index (χ4v) is 1.90. The van der Waals surface area contributed by atoms with Crippen molar-refractivity contribution in [1.29, 1.82) is 0 Å². The third-order valence-corrected chi connectivity index (χ3v) is 2.84. The van der Waals surface area contributed by atoms with Gasteiger partial charge in [0.15, 0.2) is 0 Å². The van der Waals surface area contributed by atoms with Gasteiger partial charge >= 0.3 is 0 Å². The maximum Gasteiger partial charge on any atom is 0.148 e. The molecule has 4 heteroatoms. The van der Waals surface area contributed by atoms with Crippen LogP contribution in [0.15, 0.2) is 36.5 Å². The molecule has 100 valence electrons. The zero-order valence-corrected chi connectivity index (χ0v) is 11.3. The molecule has 1 unspecified atom stereocenters. The van der Waals surface area contributed by atoms with Crippen LogP contribution in [0, 0.1) is 6.92 Å². The van der Waals surface area contributed by atoms with Gasteiger partial charge in [-0.2, -0.15) is 0 Å². The van der Waals surface area contributed by atoms with Crippen LogP contribution in [-0.4, -0.2) is 17.2 Å². The van der Waals surface area contributed by atoms with Crippen LogP contribution in [0.5, 0.6) is 17.2 Å². The molecule has 4 nitrogen and oxygen atoms in total. The first-order valence-corrected chi connectivity index (χ1v) is 6.08. The van der Waals surface area contributed by atoms with Crippen LogP contribution in [0.25, 0.3) is 0 Å². The zero-order valence-electron chi connectivity index (χ0n) is 11.3. The molecule has 0 bridgehead atoms. The molecule has 0 saturated heterocycles. The van der Waals surface area contributed by atoms with Gasteiger partial charge in [0.1, 0.15) is 17.2 Å². The lowest BCUT2D eigenvalue weighted by molar-refractivity contribution is 0.190. The smallest absolute Gasteiger partial charge is 0.148 e. The van der Waals surface area contributed by atoms with E-state index in [0.29, 0.717) is 22.8 Å². The average molecular weight is 259 g/mol. The number of pyridine rings is 1. The number of nitrogens with zero attached hydrogens (tertiary/aromatic N) is 1. The van der Waals surface area contributed by atoms with Crippen LogP contribution in [0.4, 0.5) is 0 Å². The molecule has 1 N–H and O–H groups in total. The molecule has 1 atom stereocenters. The number of aliphatic hydroxyl groups is 1. The molecule has 19 heavy (non-hydrogen) atoms. The first kappa shape index (κ1) is 13.4. The van der Waals surface area contributed by atoms with Gasteiger partial charge in [-0.25, -0.2) is 0 Å². The van der Waals surface area contributed by atoms with Crippen molar-refractivity contribution in [3.8, 4) is 17.2 Å². The Morgan fingerprint density at radius 2 is 1.79 bits per heavy atom. The van der Waals surface area contributed by atoms with Crippen molar-refractivity contribution in [2.24, 2.45) is 0 Å². The third kappa shape index (κ3) is 2.85.